The maximum absolute atomic E-state index is 12.8. The molecule has 0 N–H and O–H groups in total. The fraction of sp³-hybridized carbons (Fsp3) is 0.381. The fourth-order valence-electron chi connectivity index (χ4n) is 3.35. The van der Waals surface area contributed by atoms with Crippen molar-refractivity contribution < 1.29 is 13.2 Å². The van der Waals surface area contributed by atoms with Crippen molar-refractivity contribution in [3.8, 4) is 0 Å². The molecule has 1 aliphatic heterocycles. The Hall–Kier alpha value is -2.34. The summed E-state index contributed by atoms with van der Waals surface area (Å²) in [7, 11) is -2.10. The molecule has 0 radical (unpaired) electrons. The average Bonchev–Trinajstić information content (AvgIpc) is 3.16. The molecule has 0 aliphatic carbocycles. The van der Waals surface area contributed by atoms with Gasteiger partial charge in [0.25, 0.3) is 15.9 Å². The lowest BCUT2D eigenvalue weighted by atomic mass is 10.1. The molecule has 5 nitrogen and oxygen atoms in total. The van der Waals surface area contributed by atoms with Crippen LogP contribution in [0.4, 0.5) is 5.69 Å². The quantitative estimate of drug-likeness (QED) is 0.787. The number of hydrogen-bond donors (Lipinski definition) is 0. The Labute approximate surface area is 161 Å². The van der Waals surface area contributed by atoms with Crippen LogP contribution < -0.4 is 4.31 Å². The Balaban J connectivity index is 1.76. The molecule has 1 unspecified atom stereocenters. The van der Waals surface area contributed by atoms with Gasteiger partial charge in [-0.2, -0.15) is 0 Å². The van der Waals surface area contributed by atoms with Gasteiger partial charge in [-0.1, -0.05) is 31.0 Å². The van der Waals surface area contributed by atoms with Crippen molar-refractivity contribution in [1.82, 2.24) is 4.90 Å². The van der Waals surface area contributed by atoms with Gasteiger partial charge in [0.2, 0.25) is 0 Å². The third-order valence-electron chi connectivity index (χ3n) is 5.31. The van der Waals surface area contributed by atoms with Crippen LogP contribution in [0.2, 0.25) is 0 Å². The standard InChI is InChI=1S/C21H26N2O3S/c1-4-17-13-14-23(15-17)21(24)18-7-9-19(10-8-18)22(3)27(25,26)20-11-5-16(2)6-12-20/h5-12,17H,4,13-15H2,1-3H3. The van der Waals surface area contributed by atoms with Gasteiger partial charge in [0, 0.05) is 25.7 Å². The maximum atomic E-state index is 12.8. The lowest BCUT2D eigenvalue weighted by molar-refractivity contribution is 0.0787. The topological polar surface area (TPSA) is 57.7 Å². The highest BCUT2D eigenvalue weighted by molar-refractivity contribution is 7.92. The molecule has 3 rings (SSSR count). The van der Waals surface area contributed by atoms with Gasteiger partial charge >= 0.3 is 0 Å². The second kappa shape index (κ2) is 7.72. The third kappa shape index (κ3) is 4.00. The second-order valence-electron chi connectivity index (χ2n) is 7.15. The largest absolute Gasteiger partial charge is 0.338 e. The first kappa shape index (κ1) is 19.4. The first-order chi connectivity index (χ1) is 12.8. The van der Waals surface area contributed by atoms with E-state index in [4.69, 9.17) is 0 Å². The number of rotatable bonds is 5. The van der Waals surface area contributed by atoms with Gasteiger partial charge < -0.3 is 4.90 Å². The molecule has 2 aromatic carbocycles. The molecule has 0 spiro atoms. The number of carbonyl (C=O) groups excluding carboxylic acids is 1. The second-order valence-corrected chi connectivity index (χ2v) is 9.12. The van der Waals surface area contributed by atoms with Crippen LogP contribution in [0.15, 0.2) is 53.4 Å². The van der Waals surface area contributed by atoms with Crippen LogP contribution in [0.5, 0.6) is 0 Å². The minimum Gasteiger partial charge on any atom is -0.338 e. The summed E-state index contributed by atoms with van der Waals surface area (Å²) in [5.41, 5.74) is 2.13. The summed E-state index contributed by atoms with van der Waals surface area (Å²) in [4.78, 5) is 14.8. The zero-order valence-electron chi connectivity index (χ0n) is 16.1. The first-order valence-electron chi connectivity index (χ1n) is 9.28. The molecule has 1 heterocycles. The van der Waals surface area contributed by atoms with E-state index in [0.29, 0.717) is 17.2 Å². The third-order valence-corrected chi connectivity index (χ3v) is 7.11. The van der Waals surface area contributed by atoms with Crippen LogP contribution in [0, 0.1) is 12.8 Å². The minimum atomic E-state index is -3.63. The van der Waals surface area contributed by atoms with Gasteiger partial charge in [0.15, 0.2) is 0 Å². The van der Waals surface area contributed by atoms with Crippen molar-refractivity contribution in [1.29, 1.82) is 0 Å². The predicted octanol–water partition coefficient (Wildman–Crippen LogP) is 3.69. The number of likely N-dealkylation sites (tertiary alicyclic amines) is 1. The molecule has 144 valence electrons. The molecule has 27 heavy (non-hydrogen) atoms. The van der Waals surface area contributed by atoms with Crippen LogP contribution >= 0.6 is 0 Å². The molecule has 6 heteroatoms. The summed E-state index contributed by atoms with van der Waals surface area (Å²) >= 11 is 0. The van der Waals surface area contributed by atoms with Gasteiger partial charge in [-0.05, 0) is 55.7 Å². The van der Waals surface area contributed by atoms with E-state index in [1.54, 1.807) is 48.5 Å². The molecule has 0 aromatic heterocycles. The van der Waals surface area contributed by atoms with E-state index in [0.717, 1.165) is 31.5 Å². The summed E-state index contributed by atoms with van der Waals surface area (Å²) in [6.07, 6.45) is 2.14. The van der Waals surface area contributed by atoms with E-state index in [1.165, 1.54) is 11.4 Å². The van der Waals surface area contributed by atoms with E-state index in [2.05, 4.69) is 6.92 Å². The minimum absolute atomic E-state index is 0.0153. The molecule has 1 atom stereocenters. The average molecular weight is 387 g/mol. The Morgan fingerprint density at radius 1 is 1.11 bits per heavy atom. The summed E-state index contributed by atoms with van der Waals surface area (Å²) in [6, 6.07) is 13.6. The smallest absolute Gasteiger partial charge is 0.264 e. The van der Waals surface area contributed by atoms with Gasteiger partial charge in [-0.25, -0.2) is 8.42 Å². The van der Waals surface area contributed by atoms with E-state index >= 15 is 0 Å². The van der Waals surface area contributed by atoms with Crippen LogP contribution in [-0.4, -0.2) is 39.4 Å². The zero-order valence-corrected chi connectivity index (χ0v) is 16.9. The molecular weight excluding hydrogens is 360 g/mol. The van der Waals surface area contributed by atoms with Crippen molar-refractivity contribution in [3.05, 3.63) is 59.7 Å². The number of amides is 1. The van der Waals surface area contributed by atoms with Crippen molar-refractivity contribution in [3.63, 3.8) is 0 Å². The molecule has 0 saturated carbocycles. The Kier molecular flexibility index (Phi) is 5.56. The normalized spacial score (nSPS) is 17.1. The Morgan fingerprint density at radius 2 is 1.74 bits per heavy atom. The lowest BCUT2D eigenvalue weighted by Gasteiger charge is -2.21. The highest BCUT2D eigenvalue weighted by atomic mass is 32.2. The van der Waals surface area contributed by atoms with Crippen molar-refractivity contribution in [2.24, 2.45) is 5.92 Å². The molecular formula is C21H26N2O3S. The van der Waals surface area contributed by atoms with E-state index in [1.807, 2.05) is 11.8 Å². The Morgan fingerprint density at radius 3 is 2.30 bits per heavy atom. The van der Waals surface area contributed by atoms with E-state index in [9.17, 15) is 13.2 Å². The maximum Gasteiger partial charge on any atom is 0.264 e. The SMILES string of the molecule is CCC1CCN(C(=O)c2ccc(N(C)S(=O)(=O)c3ccc(C)cc3)cc2)C1. The van der Waals surface area contributed by atoms with Crippen LogP contribution in [0.1, 0.15) is 35.7 Å². The molecule has 1 aliphatic rings. The van der Waals surface area contributed by atoms with Crippen molar-refractivity contribution in [2.75, 3.05) is 24.4 Å². The summed E-state index contributed by atoms with van der Waals surface area (Å²) in [5, 5.41) is 0. The molecule has 0 bridgehead atoms. The molecule has 1 saturated heterocycles. The summed E-state index contributed by atoms with van der Waals surface area (Å²) in [6.45, 7) is 5.66. The van der Waals surface area contributed by atoms with Crippen molar-refractivity contribution >= 4 is 21.6 Å². The van der Waals surface area contributed by atoms with Gasteiger partial charge in [-0.3, -0.25) is 9.10 Å². The van der Waals surface area contributed by atoms with E-state index in [-0.39, 0.29) is 10.8 Å². The number of hydrogen-bond acceptors (Lipinski definition) is 3. The van der Waals surface area contributed by atoms with Crippen molar-refractivity contribution in [2.45, 2.75) is 31.6 Å². The highest BCUT2D eigenvalue weighted by Gasteiger charge is 2.26. The number of sulfonamides is 1. The lowest BCUT2D eigenvalue weighted by Crippen LogP contribution is -2.29. The summed E-state index contributed by atoms with van der Waals surface area (Å²) in [5.74, 6) is 0.598. The number of nitrogens with zero attached hydrogens (tertiary/aromatic N) is 2. The van der Waals surface area contributed by atoms with Gasteiger partial charge in [0.1, 0.15) is 0 Å². The van der Waals surface area contributed by atoms with Gasteiger partial charge in [0.05, 0.1) is 10.6 Å². The van der Waals surface area contributed by atoms with Gasteiger partial charge in [-0.15, -0.1) is 0 Å². The summed E-state index contributed by atoms with van der Waals surface area (Å²) < 4.78 is 26.8. The first-order valence-corrected chi connectivity index (χ1v) is 10.7. The van der Waals surface area contributed by atoms with Crippen LogP contribution in [0.3, 0.4) is 0 Å². The number of carbonyl (C=O) groups is 1. The zero-order chi connectivity index (χ0) is 19.6. The monoisotopic (exact) mass is 386 g/mol. The number of aryl methyl sites for hydroxylation is 1. The van der Waals surface area contributed by atoms with E-state index < -0.39 is 10.0 Å². The predicted molar refractivity (Wildman–Crippen MR) is 108 cm³/mol. The Bertz CT molecular complexity index is 905. The molecule has 1 fully saturated rings. The number of benzene rings is 2. The highest BCUT2D eigenvalue weighted by Crippen LogP contribution is 2.25. The number of anilines is 1. The fourth-order valence-corrected chi connectivity index (χ4v) is 4.55. The van der Waals surface area contributed by atoms with Crippen LogP contribution in [0.25, 0.3) is 0 Å². The molecule has 2 aromatic rings. The van der Waals surface area contributed by atoms with Crippen LogP contribution in [-0.2, 0) is 10.0 Å². The molecule has 1 amide bonds.